The van der Waals surface area contributed by atoms with Gasteiger partial charge in [-0.2, -0.15) is 0 Å². The van der Waals surface area contributed by atoms with E-state index >= 15 is 0 Å². The van der Waals surface area contributed by atoms with Crippen LogP contribution in [0, 0.1) is 0 Å². The second-order valence-corrected chi connectivity index (χ2v) is 4.13. The van der Waals surface area contributed by atoms with Gasteiger partial charge in [-0.25, -0.2) is 4.79 Å². The summed E-state index contributed by atoms with van der Waals surface area (Å²) in [6, 6.07) is 1.23. The summed E-state index contributed by atoms with van der Waals surface area (Å²) < 4.78 is 2.16. The van der Waals surface area contributed by atoms with E-state index in [0.717, 1.165) is 4.57 Å². The summed E-state index contributed by atoms with van der Waals surface area (Å²) in [4.78, 5) is 23.4. The van der Waals surface area contributed by atoms with Crippen LogP contribution in [0.4, 0.5) is 0 Å². The smallest absolute Gasteiger partial charge is 0.331 e. The Morgan fingerprint density at radius 3 is 2.25 bits per heavy atom. The average molecular weight is 258 g/mol. The number of rotatable bonds is 4. The molecule has 1 aromatic heterocycles. The van der Waals surface area contributed by atoms with Crippen LogP contribution in [0.2, 0.25) is 0 Å². The number of hydrogen-bond donors (Lipinski definition) is 2. The lowest BCUT2D eigenvalue weighted by Crippen LogP contribution is -2.42. The lowest BCUT2D eigenvalue weighted by molar-refractivity contribution is 0.647. The number of aromatic nitrogens is 2. The lowest BCUT2D eigenvalue weighted by Gasteiger charge is -2.07. The first-order valence-electron chi connectivity index (χ1n) is 4.28. The van der Waals surface area contributed by atoms with Crippen LogP contribution in [-0.4, -0.2) is 19.1 Å². The third-order valence-corrected chi connectivity index (χ3v) is 2.04. The maximum Gasteiger partial charge on any atom is 0.331 e. The van der Waals surface area contributed by atoms with E-state index < -0.39 is 11.2 Å². The molecule has 0 radical (unpaired) electrons. The van der Waals surface area contributed by atoms with Crippen molar-refractivity contribution in [2.45, 2.75) is 13.1 Å². The number of nitrogens with two attached hydrogens (primary N) is 2. The second kappa shape index (κ2) is 4.99. The summed E-state index contributed by atoms with van der Waals surface area (Å²) in [7, 11) is 0. The Labute approximate surface area is 101 Å². The van der Waals surface area contributed by atoms with Gasteiger partial charge in [0, 0.05) is 12.3 Å². The Bertz CT molecular complexity index is 546. The molecule has 0 aliphatic rings. The molecule has 0 atom stereocenters. The van der Waals surface area contributed by atoms with E-state index in [4.69, 9.17) is 11.5 Å². The van der Waals surface area contributed by atoms with Crippen LogP contribution >= 0.6 is 24.4 Å². The molecule has 1 rings (SSSR count). The van der Waals surface area contributed by atoms with Gasteiger partial charge in [0.2, 0.25) is 0 Å². The minimum Gasteiger partial charge on any atom is -0.392 e. The van der Waals surface area contributed by atoms with Crippen LogP contribution in [-0.2, 0) is 13.1 Å². The molecule has 0 aromatic carbocycles. The van der Waals surface area contributed by atoms with Crippen LogP contribution in [0.15, 0.2) is 21.9 Å². The van der Waals surface area contributed by atoms with Gasteiger partial charge in [-0.15, -0.1) is 0 Å². The molecule has 86 valence electrons. The molecule has 16 heavy (non-hydrogen) atoms. The summed E-state index contributed by atoms with van der Waals surface area (Å²) in [6.07, 6.45) is 1.33. The van der Waals surface area contributed by atoms with Crippen LogP contribution in [0.1, 0.15) is 0 Å². The molecule has 0 fully saturated rings. The molecule has 0 unspecified atom stereocenters. The summed E-state index contributed by atoms with van der Waals surface area (Å²) in [5.74, 6) is 0. The number of thiocarbonyl (C=S) groups is 2. The zero-order valence-corrected chi connectivity index (χ0v) is 9.88. The molecule has 0 spiro atoms. The Hall–Kier alpha value is -1.54. The summed E-state index contributed by atoms with van der Waals surface area (Å²) in [6.45, 7) is -0.0169. The molecule has 6 nitrogen and oxygen atoms in total. The highest BCUT2D eigenvalue weighted by Crippen LogP contribution is 1.81. The van der Waals surface area contributed by atoms with Crippen molar-refractivity contribution in [1.82, 2.24) is 9.13 Å². The summed E-state index contributed by atoms with van der Waals surface area (Å²) in [5.41, 5.74) is 9.61. The molecule has 8 heteroatoms. The topological polar surface area (TPSA) is 96.0 Å². The Morgan fingerprint density at radius 1 is 1.19 bits per heavy atom. The van der Waals surface area contributed by atoms with Crippen molar-refractivity contribution in [3.8, 4) is 0 Å². The minimum atomic E-state index is -0.534. The molecule has 0 saturated carbocycles. The van der Waals surface area contributed by atoms with Crippen LogP contribution in [0.5, 0.6) is 0 Å². The van der Waals surface area contributed by atoms with Crippen LogP contribution in [0.25, 0.3) is 0 Å². The minimum absolute atomic E-state index is 0.0623. The maximum absolute atomic E-state index is 11.8. The van der Waals surface area contributed by atoms with Gasteiger partial charge in [0.15, 0.2) is 0 Å². The van der Waals surface area contributed by atoms with Gasteiger partial charge in [-0.1, -0.05) is 24.4 Å². The van der Waals surface area contributed by atoms with E-state index in [9.17, 15) is 9.59 Å². The largest absolute Gasteiger partial charge is 0.392 e. The summed E-state index contributed by atoms with van der Waals surface area (Å²) >= 11 is 9.33. The first-order valence-corrected chi connectivity index (χ1v) is 5.10. The van der Waals surface area contributed by atoms with Crippen molar-refractivity contribution in [3.63, 3.8) is 0 Å². The highest BCUT2D eigenvalue weighted by atomic mass is 32.1. The lowest BCUT2D eigenvalue weighted by atomic mass is 10.5. The predicted molar refractivity (Wildman–Crippen MR) is 68.5 cm³/mol. The number of hydrogen-bond acceptors (Lipinski definition) is 4. The normalized spacial score (nSPS) is 10.0. The third kappa shape index (κ3) is 2.97. The van der Waals surface area contributed by atoms with Crippen molar-refractivity contribution >= 4 is 34.4 Å². The Morgan fingerprint density at radius 2 is 1.75 bits per heavy atom. The molecule has 0 saturated heterocycles. The quantitative estimate of drug-likeness (QED) is 0.644. The van der Waals surface area contributed by atoms with Crippen molar-refractivity contribution in [1.29, 1.82) is 0 Å². The third-order valence-electron chi connectivity index (χ3n) is 1.78. The average Bonchev–Trinajstić information content (AvgIpc) is 2.16. The van der Waals surface area contributed by atoms with E-state index in [1.54, 1.807) is 0 Å². The first kappa shape index (κ1) is 12.5. The summed E-state index contributed by atoms with van der Waals surface area (Å²) in [5, 5.41) is 0. The standard InChI is InChI=1S/C8H10N4O2S2/c9-5(15)3-11-2-1-7(13)12(8(11)14)4-6(10)16/h1-2H,3-4H2,(H2,9,15)(H2,10,16). The van der Waals surface area contributed by atoms with Crippen molar-refractivity contribution in [3.05, 3.63) is 33.1 Å². The molecule has 0 bridgehead atoms. The van der Waals surface area contributed by atoms with Gasteiger partial charge in [-0.05, 0) is 0 Å². The van der Waals surface area contributed by atoms with Crippen molar-refractivity contribution in [2.75, 3.05) is 0 Å². The van der Waals surface area contributed by atoms with Crippen molar-refractivity contribution < 1.29 is 0 Å². The highest BCUT2D eigenvalue weighted by Gasteiger charge is 2.06. The molecule has 1 aromatic rings. The maximum atomic E-state index is 11.8. The Kier molecular flexibility index (Phi) is 3.91. The van der Waals surface area contributed by atoms with E-state index in [2.05, 4.69) is 24.4 Å². The van der Waals surface area contributed by atoms with E-state index in [-0.39, 0.29) is 23.1 Å². The molecule has 0 aliphatic carbocycles. The fourth-order valence-corrected chi connectivity index (χ4v) is 1.41. The molecule has 0 aliphatic heterocycles. The van der Waals surface area contributed by atoms with E-state index in [1.807, 2.05) is 0 Å². The van der Waals surface area contributed by atoms with Crippen LogP contribution < -0.4 is 22.7 Å². The zero-order chi connectivity index (χ0) is 12.3. The molecular weight excluding hydrogens is 248 g/mol. The van der Waals surface area contributed by atoms with Crippen molar-refractivity contribution in [2.24, 2.45) is 11.5 Å². The van der Waals surface area contributed by atoms with E-state index in [0.29, 0.717) is 0 Å². The van der Waals surface area contributed by atoms with Gasteiger partial charge in [-0.3, -0.25) is 13.9 Å². The van der Waals surface area contributed by atoms with E-state index in [1.165, 1.54) is 16.8 Å². The van der Waals surface area contributed by atoms with Gasteiger partial charge in [0.25, 0.3) is 5.56 Å². The molecular formula is C8H10N4O2S2. The SMILES string of the molecule is NC(=S)Cn1ccc(=O)n(CC(N)=S)c1=O. The van der Waals surface area contributed by atoms with Gasteiger partial charge in [0.05, 0.1) is 23.1 Å². The number of nitrogens with zero attached hydrogens (tertiary/aromatic N) is 2. The molecule has 1 heterocycles. The fourth-order valence-electron chi connectivity index (χ4n) is 1.15. The van der Waals surface area contributed by atoms with Crippen LogP contribution in [0.3, 0.4) is 0 Å². The van der Waals surface area contributed by atoms with Gasteiger partial charge in [0.1, 0.15) is 0 Å². The fraction of sp³-hybridized carbons (Fsp3) is 0.250. The Balaban J connectivity index is 3.27. The van der Waals surface area contributed by atoms with Gasteiger partial charge < -0.3 is 11.5 Å². The zero-order valence-electron chi connectivity index (χ0n) is 8.25. The second-order valence-electron chi connectivity index (χ2n) is 3.08. The molecule has 0 amide bonds. The first-order chi connectivity index (χ1) is 7.41. The van der Waals surface area contributed by atoms with Gasteiger partial charge >= 0.3 is 5.69 Å². The monoisotopic (exact) mass is 258 g/mol. The highest BCUT2D eigenvalue weighted by molar-refractivity contribution is 7.80. The molecule has 4 N–H and O–H groups in total. The predicted octanol–water partition coefficient (Wildman–Crippen LogP) is -1.42.